The number of hydrogen-bond donors (Lipinski definition) is 0. The molecule has 0 aliphatic carbocycles. The van der Waals surface area contributed by atoms with Gasteiger partial charge in [0, 0.05) is 0 Å². The first-order chi connectivity index (χ1) is 14.1. The van der Waals surface area contributed by atoms with E-state index in [1.54, 1.807) is 29.5 Å². The Bertz CT molecular complexity index is 1070. The third kappa shape index (κ3) is 2.68. The van der Waals surface area contributed by atoms with Crippen LogP contribution < -0.4 is 9.96 Å². The van der Waals surface area contributed by atoms with Crippen molar-refractivity contribution in [3.63, 3.8) is 0 Å². The highest BCUT2D eigenvalue weighted by atomic mass is 16.7. The SMILES string of the molecule is Cc1ccc(N2C(=O)[C@@H]3[C@H](ON(c4ccccc4C)[C@H]3c3ccco3)C2=O)cc1. The molecule has 2 fully saturated rings. The summed E-state index contributed by atoms with van der Waals surface area (Å²) in [6.45, 7) is 3.93. The van der Waals surface area contributed by atoms with Crippen molar-refractivity contribution in [1.82, 2.24) is 0 Å². The van der Waals surface area contributed by atoms with Crippen LogP contribution in [0, 0.1) is 19.8 Å². The van der Waals surface area contributed by atoms with Crippen LogP contribution in [0.25, 0.3) is 0 Å². The minimum absolute atomic E-state index is 0.277. The summed E-state index contributed by atoms with van der Waals surface area (Å²) < 4.78 is 5.65. The van der Waals surface area contributed by atoms with E-state index in [-0.39, 0.29) is 11.8 Å². The standard InChI is InChI=1S/C23H20N2O4/c1-14-9-11-16(12-10-14)24-22(26)19-20(18-8-5-13-28-18)25(29-21(19)23(24)27)17-7-4-3-6-15(17)2/h3-13,19-21H,1-2H3/t19-,20-,21-/m0/s1. The molecule has 2 aliphatic rings. The van der Waals surface area contributed by atoms with Crippen molar-refractivity contribution in [2.45, 2.75) is 26.0 Å². The number of imide groups is 1. The fourth-order valence-electron chi connectivity index (χ4n) is 4.13. The predicted molar refractivity (Wildman–Crippen MR) is 107 cm³/mol. The fourth-order valence-corrected chi connectivity index (χ4v) is 4.13. The molecule has 0 spiro atoms. The largest absolute Gasteiger partial charge is 0.467 e. The van der Waals surface area contributed by atoms with Gasteiger partial charge in [-0.05, 0) is 49.7 Å². The molecule has 3 heterocycles. The molecule has 5 rings (SSSR count). The molecule has 0 bridgehead atoms. The number of rotatable bonds is 3. The van der Waals surface area contributed by atoms with E-state index in [4.69, 9.17) is 9.25 Å². The van der Waals surface area contributed by atoms with Crippen LogP contribution in [0.4, 0.5) is 11.4 Å². The fraction of sp³-hybridized carbons (Fsp3) is 0.217. The number of nitrogens with zero attached hydrogens (tertiary/aromatic N) is 2. The van der Waals surface area contributed by atoms with Crippen molar-refractivity contribution in [3.05, 3.63) is 83.8 Å². The Balaban J connectivity index is 1.58. The van der Waals surface area contributed by atoms with Crippen molar-refractivity contribution in [1.29, 1.82) is 0 Å². The number of anilines is 2. The molecule has 2 aromatic carbocycles. The van der Waals surface area contributed by atoms with Gasteiger partial charge in [-0.1, -0.05) is 35.9 Å². The van der Waals surface area contributed by atoms with Crippen molar-refractivity contribution in [3.8, 4) is 0 Å². The molecule has 29 heavy (non-hydrogen) atoms. The Kier molecular flexibility index (Phi) is 4.03. The third-order valence-electron chi connectivity index (χ3n) is 5.60. The van der Waals surface area contributed by atoms with Gasteiger partial charge >= 0.3 is 0 Å². The first kappa shape index (κ1) is 17.7. The smallest absolute Gasteiger partial charge is 0.266 e. The molecular weight excluding hydrogens is 368 g/mol. The first-order valence-corrected chi connectivity index (χ1v) is 9.56. The highest BCUT2D eigenvalue weighted by Gasteiger charge is 2.61. The van der Waals surface area contributed by atoms with Crippen LogP contribution in [0.5, 0.6) is 0 Å². The number of fused-ring (bicyclic) bond motifs is 1. The summed E-state index contributed by atoms with van der Waals surface area (Å²) in [5.74, 6) is -0.722. The Labute approximate surface area is 168 Å². The number of carbonyl (C=O) groups excluding carboxylic acids is 2. The summed E-state index contributed by atoms with van der Waals surface area (Å²) in [7, 11) is 0. The summed E-state index contributed by atoms with van der Waals surface area (Å²) in [6, 6.07) is 18.1. The predicted octanol–water partition coefficient (Wildman–Crippen LogP) is 3.95. The van der Waals surface area contributed by atoms with Gasteiger partial charge in [0.2, 0.25) is 5.91 Å². The van der Waals surface area contributed by atoms with E-state index in [2.05, 4.69) is 0 Å². The summed E-state index contributed by atoms with van der Waals surface area (Å²) in [5.41, 5.74) is 3.41. The lowest BCUT2D eigenvalue weighted by Gasteiger charge is -2.28. The first-order valence-electron chi connectivity index (χ1n) is 9.56. The van der Waals surface area contributed by atoms with Crippen LogP contribution in [0.3, 0.4) is 0 Å². The van der Waals surface area contributed by atoms with Crippen molar-refractivity contribution in [2.24, 2.45) is 5.92 Å². The third-order valence-corrected chi connectivity index (χ3v) is 5.60. The second-order valence-corrected chi connectivity index (χ2v) is 7.47. The van der Waals surface area contributed by atoms with Crippen LogP contribution in [-0.2, 0) is 14.4 Å². The Hall–Kier alpha value is -3.38. The maximum Gasteiger partial charge on any atom is 0.266 e. The lowest BCUT2D eigenvalue weighted by Crippen LogP contribution is -2.37. The molecule has 6 nitrogen and oxygen atoms in total. The molecule has 3 aromatic rings. The Morgan fingerprint density at radius 2 is 1.62 bits per heavy atom. The summed E-state index contributed by atoms with van der Waals surface area (Å²) in [5, 5.41) is 1.66. The van der Waals surface area contributed by atoms with E-state index in [0.29, 0.717) is 11.4 Å². The van der Waals surface area contributed by atoms with Crippen LogP contribution in [0.15, 0.2) is 71.3 Å². The molecule has 2 saturated heterocycles. The zero-order valence-corrected chi connectivity index (χ0v) is 16.1. The maximum atomic E-state index is 13.4. The molecule has 146 valence electrons. The van der Waals surface area contributed by atoms with E-state index < -0.39 is 18.1 Å². The van der Waals surface area contributed by atoms with Crippen LogP contribution in [0.1, 0.15) is 22.9 Å². The van der Waals surface area contributed by atoms with Gasteiger partial charge in [0.1, 0.15) is 17.7 Å². The van der Waals surface area contributed by atoms with Gasteiger partial charge < -0.3 is 4.42 Å². The second kappa shape index (κ2) is 6.60. The number of aryl methyl sites for hydroxylation is 2. The van der Waals surface area contributed by atoms with Gasteiger partial charge in [-0.25, -0.2) is 9.96 Å². The summed E-state index contributed by atoms with van der Waals surface area (Å²) in [6.07, 6.45) is 0.677. The lowest BCUT2D eigenvalue weighted by atomic mass is 9.94. The molecule has 0 saturated carbocycles. The molecule has 2 amide bonds. The highest BCUT2D eigenvalue weighted by molar-refractivity contribution is 6.23. The van der Waals surface area contributed by atoms with E-state index in [9.17, 15) is 9.59 Å². The molecule has 0 N–H and O–H groups in total. The minimum Gasteiger partial charge on any atom is -0.467 e. The quantitative estimate of drug-likeness (QED) is 0.636. The van der Waals surface area contributed by atoms with Crippen LogP contribution in [0.2, 0.25) is 0 Å². The number of carbonyl (C=O) groups is 2. The number of furan rings is 1. The van der Waals surface area contributed by atoms with Gasteiger partial charge in [0.25, 0.3) is 5.91 Å². The molecule has 0 radical (unpaired) electrons. The number of benzene rings is 2. The Morgan fingerprint density at radius 1 is 0.862 bits per heavy atom. The Morgan fingerprint density at radius 3 is 2.31 bits per heavy atom. The van der Waals surface area contributed by atoms with Crippen molar-refractivity contribution in [2.75, 3.05) is 9.96 Å². The second-order valence-electron chi connectivity index (χ2n) is 7.47. The molecule has 0 unspecified atom stereocenters. The van der Waals surface area contributed by atoms with Gasteiger partial charge in [0.05, 0.1) is 17.6 Å². The van der Waals surface area contributed by atoms with Gasteiger partial charge in [-0.3, -0.25) is 14.4 Å². The molecular formula is C23H20N2O4. The zero-order valence-electron chi connectivity index (χ0n) is 16.1. The minimum atomic E-state index is -0.890. The van der Waals surface area contributed by atoms with Crippen molar-refractivity contribution >= 4 is 23.2 Å². The summed E-state index contributed by atoms with van der Waals surface area (Å²) in [4.78, 5) is 33.9. The van der Waals surface area contributed by atoms with Crippen molar-refractivity contribution < 1.29 is 18.8 Å². The van der Waals surface area contributed by atoms with E-state index in [1.807, 2.05) is 56.3 Å². The average molecular weight is 388 g/mol. The van der Waals surface area contributed by atoms with E-state index in [0.717, 1.165) is 16.8 Å². The lowest BCUT2D eigenvalue weighted by molar-refractivity contribution is -0.126. The van der Waals surface area contributed by atoms with E-state index >= 15 is 0 Å². The highest BCUT2D eigenvalue weighted by Crippen LogP contribution is 2.48. The number of hydrogen-bond acceptors (Lipinski definition) is 5. The molecule has 1 aromatic heterocycles. The van der Waals surface area contributed by atoms with Gasteiger partial charge in [0.15, 0.2) is 6.10 Å². The van der Waals surface area contributed by atoms with Crippen LogP contribution >= 0.6 is 0 Å². The normalized spacial score (nSPS) is 23.7. The van der Waals surface area contributed by atoms with Gasteiger partial charge in [-0.15, -0.1) is 0 Å². The summed E-state index contributed by atoms with van der Waals surface area (Å²) >= 11 is 0. The monoisotopic (exact) mass is 388 g/mol. The van der Waals surface area contributed by atoms with Crippen LogP contribution in [-0.4, -0.2) is 17.9 Å². The number of hydroxylamine groups is 1. The topological polar surface area (TPSA) is 63.0 Å². The zero-order chi connectivity index (χ0) is 20.1. The molecule has 2 aliphatic heterocycles. The number of para-hydroxylation sites is 1. The maximum absolute atomic E-state index is 13.4. The molecule has 3 atom stereocenters. The van der Waals surface area contributed by atoms with E-state index in [1.165, 1.54) is 4.90 Å². The average Bonchev–Trinajstić information content (AvgIpc) is 3.41. The van der Waals surface area contributed by atoms with Gasteiger partial charge in [-0.2, -0.15) is 0 Å². The molecule has 6 heteroatoms. The number of amides is 2.